The molecule has 0 bridgehead atoms. The van der Waals surface area contributed by atoms with Crippen molar-refractivity contribution >= 4 is 5.69 Å². The van der Waals surface area contributed by atoms with Crippen LogP contribution in [0.15, 0.2) is 54.6 Å². The highest BCUT2D eigenvalue weighted by Gasteiger charge is 2.43. The Morgan fingerprint density at radius 3 is 2.33 bits per heavy atom. The third-order valence-electron chi connectivity index (χ3n) is 6.92. The molecule has 10 heteroatoms. The van der Waals surface area contributed by atoms with Gasteiger partial charge in [0.15, 0.2) is 5.69 Å². The number of alkyl halides is 3. The zero-order valence-electron chi connectivity index (χ0n) is 19.8. The van der Waals surface area contributed by atoms with E-state index in [2.05, 4.69) is 20.2 Å². The average Bonchev–Trinajstić information content (AvgIpc) is 3.24. The molecule has 1 aromatic heterocycles. The van der Waals surface area contributed by atoms with Gasteiger partial charge in [0.2, 0.25) is 0 Å². The Morgan fingerprint density at radius 2 is 1.67 bits per heavy atom. The van der Waals surface area contributed by atoms with E-state index in [1.54, 1.807) is 12.1 Å². The standard InChI is InChI=1S/C26H29F4N5O/c27-19-6-8-20(9-7-19)34-14-12-33(13-15-34)16-21(36)17-35-22-10-11-31-24(18-4-2-1-3-5-18)23(22)25(32-35)26(28,29)30/h1-9,21,24,31,36H,10-17H2. The largest absolute Gasteiger partial charge is 0.435 e. The van der Waals surface area contributed by atoms with E-state index < -0.39 is 24.0 Å². The normalized spacial score (nSPS) is 19.8. The van der Waals surface area contributed by atoms with Crippen LogP contribution in [0.2, 0.25) is 0 Å². The predicted molar refractivity (Wildman–Crippen MR) is 128 cm³/mol. The van der Waals surface area contributed by atoms with Crippen LogP contribution in [0.1, 0.15) is 28.6 Å². The number of anilines is 1. The Bertz CT molecular complexity index is 1160. The van der Waals surface area contributed by atoms with Crippen LogP contribution < -0.4 is 10.2 Å². The number of benzene rings is 2. The van der Waals surface area contributed by atoms with Crippen molar-refractivity contribution in [2.75, 3.05) is 44.2 Å². The quantitative estimate of drug-likeness (QED) is 0.505. The number of aliphatic hydroxyl groups is 1. The van der Waals surface area contributed by atoms with Crippen LogP contribution in [0.5, 0.6) is 0 Å². The van der Waals surface area contributed by atoms with Crippen molar-refractivity contribution in [3.05, 3.63) is 82.9 Å². The van der Waals surface area contributed by atoms with E-state index in [1.165, 1.54) is 16.8 Å². The number of nitrogens with one attached hydrogen (secondary N) is 1. The lowest BCUT2D eigenvalue weighted by atomic mass is 9.92. The van der Waals surface area contributed by atoms with Gasteiger partial charge in [-0.1, -0.05) is 30.3 Å². The molecule has 0 saturated carbocycles. The van der Waals surface area contributed by atoms with E-state index in [4.69, 9.17) is 0 Å². The SMILES string of the molecule is OC(CN1CCN(c2ccc(F)cc2)CC1)Cn1nc(C(F)(F)F)c2c1CCNC2c1ccccc1. The Kier molecular flexibility index (Phi) is 7.00. The van der Waals surface area contributed by atoms with Crippen LogP contribution in [0, 0.1) is 5.82 Å². The first-order valence-corrected chi connectivity index (χ1v) is 12.2. The van der Waals surface area contributed by atoms with Gasteiger partial charge in [-0.15, -0.1) is 0 Å². The zero-order chi connectivity index (χ0) is 25.3. The lowest BCUT2D eigenvalue weighted by Gasteiger charge is -2.37. The van der Waals surface area contributed by atoms with E-state index >= 15 is 0 Å². The summed E-state index contributed by atoms with van der Waals surface area (Å²) < 4.78 is 56.5. The number of hydrogen-bond donors (Lipinski definition) is 2. The molecule has 0 radical (unpaired) electrons. The van der Waals surface area contributed by atoms with Crippen molar-refractivity contribution in [3.8, 4) is 0 Å². The van der Waals surface area contributed by atoms with Crippen LogP contribution in [-0.4, -0.2) is 65.2 Å². The third-order valence-corrected chi connectivity index (χ3v) is 6.92. The fourth-order valence-electron chi connectivity index (χ4n) is 5.20. The van der Waals surface area contributed by atoms with Gasteiger partial charge >= 0.3 is 6.18 Å². The molecule has 0 spiro atoms. The average molecular weight is 504 g/mol. The molecule has 2 aliphatic rings. The van der Waals surface area contributed by atoms with Crippen molar-refractivity contribution in [3.63, 3.8) is 0 Å². The van der Waals surface area contributed by atoms with Gasteiger partial charge < -0.3 is 15.3 Å². The van der Waals surface area contributed by atoms with E-state index in [0.29, 0.717) is 38.3 Å². The van der Waals surface area contributed by atoms with Crippen molar-refractivity contribution < 1.29 is 22.7 Å². The van der Waals surface area contributed by atoms with Gasteiger partial charge in [0.05, 0.1) is 18.7 Å². The molecule has 0 amide bonds. The highest BCUT2D eigenvalue weighted by Crippen LogP contribution is 2.39. The third kappa shape index (κ3) is 5.25. The van der Waals surface area contributed by atoms with E-state index in [1.807, 2.05) is 30.3 Å². The van der Waals surface area contributed by atoms with Crippen molar-refractivity contribution in [1.29, 1.82) is 0 Å². The van der Waals surface area contributed by atoms with Crippen LogP contribution in [0.25, 0.3) is 0 Å². The summed E-state index contributed by atoms with van der Waals surface area (Å²) in [4.78, 5) is 4.25. The number of aromatic nitrogens is 2. The monoisotopic (exact) mass is 503 g/mol. The van der Waals surface area contributed by atoms with Gasteiger partial charge in [-0.25, -0.2) is 4.39 Å². The second-order valence-electron chi connectivity index (χ2n) is 9.35. The summed E-state index contributed by atoms with van der Waals surface area (Å²) in [6, 6.07) is 14.8. The number of fused-ring (bicyclic) bond motifs is 1. The van der Waals surface area contributed by atoms with E-state index in [-0.39, 0.29) is 17.9 Å². The second kappa shape index (κ2) is 10.2. The number of piperazine rings is 1. The van der Waals surface area contributed by atoms with Crippen molar-refractivity contribution in [2.45, 2.75) is 31.3 Å². The summed E-state index contributed by atoms with van der Waals surface area (Å²) >= 11 is 0. The minimum absolute atomic E-state index is 0.00189. The van der Waals surface area contributed by atoms with Crippen LogP contribution in [0.3, 0.4) is 0 Å². The molecule has 2 unspecified atom stereocenters. The maximum Gasteiger partial charge on any atom is 0.435 e. The number of rotatable bonds is 6. The van der Waals surface area contributed by atoms with Crippen LogP contribution in [0.4, 0.5) is 23.2 Å². The molecular weight excluding hydrogens is 474 g/mol. The maximum atomic E-state index is 14.0. The Labute approximate surface area is 207 Å². The van der Waals surface area contributed by atoms with Gasteiger partial charge in [-0.2, -0.15) is 18.3 Å². The van der Waals surface area contributed by atoms with Gasteiger partial charge in [-0.3, -0.25) is 9.58 Å². The Balaban J connectivity index is 1.28. The van der Waals surface area contributed by atoms with Gasteiger partial charge in [0.1, 0.15) is 5.82 Å². The first-order chi connectivity index (χ1) is 17.3. The zero-order valence-corrected chi connectivity index (χ0v) is 19.8. The minimum atomic E-state index is -4.59. The molecule has 6 nitrogen and oxygen atoms in total. The molecule has 2 aromatic carbocycles. The molecule has 1 saturated heterocycles. The minimum Gasteiger partial charge on any atom is -0.390 e. The second-order valence-corrected chi connectivity index (χ2v) is 9.35. The molecule has 5 rings (SSSR count). The first kappa shape index (κ1) is 24.7. The van der Waals surface area contributed by atoms with Crippen LogP contribution >= 0.6 is 0 Å². The Morgan fingerprint density at radius 1 is 0.972 bits per heavy atom. The summed E-state index contributed by atoms with van der Waals surface area (Å²) in [6.07, 6.45) is -5.05. The number of aliphatic hydroxyl groups excluding tert-OH is 1. The number of hydrogen-bond acceptors (Lipinski definition) is 5. The number of nitrogens with zero attached hydrogens (tertiary/aromatic N) is 4. The summed E-state index contributed by atoms with van der Waals surface area (Å²) in [7, 11) is 0. The molecule has 192 valence electrons. The summed E-state index contributed by atoms with van der Waals surface area (Å²) in [6.45, 7) is 3.69. The lowest BCUT2D eigenvalue weighted by Crippen LogP contribution is -2.49. The van der Waals surface area contributed by atoms with Crippen LogP contribution in [-0.2, 0) is 19.1 Å². The van der Waals surface area contributed by atoms with Gasteiger partial charge in [-0.05, 0) is 29.8 Å². The molecule has 2 aliphatic heterocycles. The summed E-state index contributed by atoms with van der Waals surface area (Å²) in [5, 5.41) is 18.0. The molecule has 3 heterocycles. The molecule has 1 fully saturated rings. The Hall–Kier alpha value is -2.95. The molecule has 3 aromatic rings. The fraction of sp³-hybridized carbons (Fsp3) is 0.423. The molecule has 0 aliphatic carbocycles. The van der Waals surface area contributed by atoms with Gasteiger partial charge in [0.25, 0.3) is 0 Å². The van der Waals surface area contributed by atoms with E-state index in [9.17, 15) is 22.7 Å². The molecular formula is C26H29F4N5O. The summed E-state index contributed by atoms with van der Waals surface area (Å²) in [5.74, 6) is -0.277. The van der Waals surface area contributed by atoms with Gasteiger partial charge in [0, 0.05) is 62.6 Å². The van der Waals surface area contributed by atoms with E-state index in [0.717, 1.165) is 24.3 Å². The van der Waals surface area contributed by atoms with Crippen molar-refractivity contribution in [2.24, 2.45) is 0 Å². The topological polar surface area (TPSA) is 56.6 Å². The highest BCUT2D eigenvalue weighted by atomic mass is 19.4. The lowest BCUT2D eigenvalue weighted by molar-refractivity contribution is -0.142. The predicted octanol–water partition coefficient (Wildman–Crippen LogP) is 3.46. The van der Waals surface area contributed by atoms with Crippen molar-refractivity contribution in [1.82, 2.24) is 20.0 Å². The number of β-amino-alcohol motifs (C(OH)–C–C–N with tert-alkyl or cyclic N) is 1. The highest BCUT2D eigenvalue weighted by molar-refractivity contribution is 5.46. The summed E-state index contributed by atoms with van der Waals surface area (Å²) in [5.41, 5.74) is 1.48. The fourth-order valence-corrected chi connectivity index (χ4v) is 5.20. The maximum absolute atomic E-state index is 14.0. The smallest absolute Gasteiger partial charge is 0.390 e. The molecule has 2 atom stereocenters. The number of halogens is 4. The first-order valence-electron chi connectivity index (χ1n) is 12.2. The molecule has 2 N–H and O–H groups in total. The molecule has 36 heavy (non-hydrogen) atoms.